The molecule has 0 aromatic heterocycles. The summed E-state index contributed by atoms with van der Waals surface area (Å²) in [6.07, 6.45) is 1.69. The summed E-state index contributed by atoms with van der Waals surface area (Å²) in [5.74, 6) is 0. The number of nitrogens with zero attached hydrogens (tertiary/aromatic N) is 2. The molecule has 0 spiro atoms. The van der Waals surface area contributed by atoms with E-state index in [0.717, 1.165) is 16.8 Å². The highest BCUT2D eigenvalue weighted by Gasteiger charge is 2.05. The number of hydrogen-bond donors (Lipinski definition) is 0. The molecule has 0 radical (unpaired) electrons. The third kappa shape index (κ3) is 2.88. The molecule has 0 saturated heterocycles. The average molecular weight is 222 g/mol. The van der Waals surface area contributed by atoms with Crippen molar-refractivity contribution >= 4 is 11.9 Å². The predicted octanol–water partition coefficient (Wildman–Crippen LogP) is 3.53. The van der Waals surface area contributed by atoms with Crippen LogP contribution < -0.4 is 0 Å². The highest BCUT2D eigenvalue weighted by molar-refractivity contribution is 6.12. The first kappa shape index (κ1) is 11.3. The van der Waals surface area contributed by atoms with Crippen molar-refractivity contribution in [3.05, 3.63) is 71.8 Å². The second-order valence-electron chi connectivity index (χ2n) is 3.55. The maximum atomic E-state index is 4.27. The highest BCUT2D eigenvalue weighted by atomic mass is 15.2. The third-order valence-corrected chi connectivity index (χ3v) is 2.37. The Morgan fingerprint density at radius 3 is 1.71 bits per heavy atom. The van der Waals surface area contributed by atoms with Gasteiger partial charge in [-0.1, -0.05) is 60.7 Å². The Bertz CT molecular complexity index is 472. The van der Waals surface area contributed by atoms with Crippen molar-refractivity contribution in [2.24, 2.45) is 10.2 Å². The van der Waals surface area contributed by atoms with Gasteiger partial charge in [-0.15, -0.1) is 0 Å². The second-order valence-corrected chi connectivity index (χ2v) is 3.55. The molecule has 17 heavy (non-hydrogen) atoms. The SMILES string of the molecule is C/C=N/N=C(c1ccccc1)c1ccccc1. The molecule has 0 unspecified atom stereocenters. The predicted molar refractivity (Wildman–Crippen MR) is 72.7 cm³/mol. The quantitative estimate of drug-likeness (QED) is 0.560. The molecule has 0 atom stereocenters. The van der Waals surface area contributed by atoms with Gasteiger partial charge >= 0.3 is 0 Å². The van der Waals surface area contributed by atoms with Crippen molar-refractivity contribution in [1.82, 2.24) is 0 Å². The van der Waals surface area contributed by atoms with Gasteiger partial charge in [-0.05, 0) is 6.92 Å². The summed E-state index contributed by atoms with van der Waals surface area (Å²) in [5.41, 5.74) is 3.04. The standard InChI is InChI=1S/C15H14N2/c1-2-16-17-15(13-9-5-3-6-10-13)14-11-7-4-8-12-14/h2-12H,1H3/b16-2+. The van der Waals surface area contributed by atoms with Crippen LogP contribution in [0.2, 0.25) is 0 Å². The van der Waals surface area contributed by atoms with Crippen molar-refractivity contribution in [2.45, 2.75) is 6.92 Å². The summed E-state index contributed by atoms with van der Waals surface area (Å²) in [6.45, 7) is 1.86. The van der Waals surface area contributed by atoms with Crippen LogP contribution in [0.25, 0.3) is 0 Å². The van der Waals surface area contributed by atoms with Gasteiger partial charge in [0, 0.05) is 17.3 Å². The lowest BCUT2D eigenvalue weighted by Gasteiger charge is -2.04. The van der Waals surface area contributed by atoms with E-state index in [1.807, 2.05) is 67.6 Å². The third-order valence-electron chi connectivity index (χ3n) is 2.37. The summed E-state index contributed by atoms with van der Waals surface area (Å²) >= 11 is 0. The molecule has 2 nitrogen and oxygen atoms in total. The van der Waals surface area contributed by atoms with Crippen LogP contribution >= 0.6 is 0 Å². The molecule has 2 aromatic carbocycles. The number of rotatable bonds is 3. The lowest BCUT2D eigenvalue weighted by molar-refractivity contribution is 1.24. The van der Waals surface area contributed by atoms with Gasteiger partial charge in [-0.3, -0.25) is 0 Å². The first-order valence-electron chi connectivity index (χ1n) is 5.58. The normalized spacial score (nSPS) is 10.4. The van der Waals surface area contributed by atoms with E-state index in [9.17, 15) is 0 Å². The largest absolute Gasteiger partial charge is 0.163 e. The van der Waals surface area contributed by atoms with Gasteiger partial charge in [0.25, 0.3) is 0 Å². The van der Waals surface area contributed by atoms with E-state index in [1.165, 1.54) is 0 Å². The minimum absolute atomic E-state index is 0.893. The first-order valence-corrected chi connectivity index (χ1v) is 5.58. The Kier molecular flexibility index (Phi) is 3.81. The van der Waals surface area contributed by atoms with Gasteiger partial charge in [0.15, 0.2) is 0 Å². The molecule has 0 fully saturated rings. The Labute approximate surface area is 101 Å². The van der Waals surface area contributed by atoms with Gasteiger partial charge in [0.1, 0.15) is 5.71 Å². The fourth-order valence-electron chi connectivity index (χ4n) is 1.59. The number of hydrogen-bond acceptors (Lipinski definition) is 2. The molecule has 0 saturated carbocycles. The van der Waals surface area contributed by atoms with Crippen LogP contribution in [-0.2, 0) is 0 Å². The summed E-state index contributed by atoms with van der Waals surface area (Å²) < 4.78 is 0. The molecule has 0 amide bonds. The Hall–Kier alpha value is -2.22. The second kappa shape index (κ2) is 5.75. The van der Waals surface area contributed by atoms with Crippen molar-refractivity contribution in [3.63, 3.8) is 0 Å². The zero-order valence-electron chi connectivity index (χ0n) is 9.75. The van der Waals surface area contributed by atoms with Crippen molar-refractivity contribution in [1.29, 1.82) is 0 Å². The summed E-state index contributed by atoms with van der Waals surface area (Å²) in [5, 5.41) is 8.26. The fraction of sp³-hybridized carbons (Fsp3) is 0.0667. The fourth-order valence-corrected chi connectivity index (χ4v) is 1.59. The van der Waals surface area contributed by atoms with Crippen LogP contribution in [0.3, 0.4) is 0 Å². The van der Waals surface area contributed by atoms with Crippen LogP contribution in [-0.4, -0.2) is 11.9 Å². The van der Waals surface area contributed by atoms with E-state index in [0.29, 0.717) is 0 Å². The molecule has 0 heterocycles. The lowest BCUT2D eigenvalue weighted by Crippen LogP contribution is -2.02. The maximum absolute atomic E-state index is 4.27. The molecule has 2 heteroatoms. The smallest absolute Gasteiger partial charge is 0.100 e. The van der Waals surface area contributed by atoms with Crippen LogP contribution in [0.5, 0.6) is 0 Å². The van der Waals surface area contributed by atoms with E-state index in [2.05, 4.69) is 10.2 Å². The van der Waals surface area contributed by atoms with E-state index in [1.54, 1.807) is 6.21 Å². The van der Waals surface area contributed by atoms with Crippen LogP contribution in [0.15, 0.2) is 70.9 Å². The lowest BCUT2D eigenvalue weighted by atomic mass is 10.0. The van der Waals surface area contributed by atoms with Crippen molar-refractivity contribution < 1.29 is 0 Å². The molecule has 2 rings (SSSR count). The molecule has 2 aromatic rings. The molecule has 84 valence electrons. The molecule has 0 aliphatic carbocycles. The Balaban J connectivity index is 2.47. The summed E-state index contributed by atoms with van der Waals surface area (Å²) in [6, 6.07) is 20.2. The van der Waals surface area contributed by atoms with Crippen LogP contribution in [0, 0.1) is 0 Å². The van der Waals surface area contributed by atoms with Gasteiger partial charge < -0.3 is 0 Å². The van der Waals surface area contributed by atoms with Gasteiger partial charge in [-0.25, -0.2) is 0 Å². The molecular weight excluding hydrogens is 208 g/mol. The van der Waals surface area contributed by atoms with Gasteiger partial charge in [0.2, 0.25) is 0 Å². The van der Waals surface area contributed by atoms with E-state index in [-0.39, 0.29) is 0 Å². The summed E-state index contributed by atoms with van der Waals surface area (Å²) in [7, 11) is 0. The van der Waals surface area contributed by atoms with Crippen molar-refractivity contribution in [2.75, 3.05) is 0 Å². The minimum atomic E-state index is 0.893. The Morgan fingerprint density at radius 1 is 0.824 bits per heavy atom. The molecular formula is C15H14N2. The van der Waals surface area contributed by atoms with Crippen LogP contribution in [0.4, 0.5) is 0 Å². The number of benzene rings is 2. The molecule has 0 N–H and O–H groups in total. The summed E-state index contributed by atoms with van der Waals surface area (Å²) in [4.78, 5) is 0. The van der Waals surface area contributed by atoms with Gasteiger partial charge in [0.05, 0.1) is 0 Å². The van der Waals surface area contributed by atoms with Gasteiger partial charge in [-0.2, -0.15) is 10.2 Å². The van der Waals surface area contributed by atoms with Crippen molar-refractivity contribution in [3.8, 4) is 0 Å². The zero-order valence-corrected chi connectivity index (χ0v) is 9.75. The molecule has 0 aliphatic heterocycles. The molecule has 0 bridgehead atoms. The Morgan fingerprint density at radius 2 is 1.29 bits per heavy atom. The first-order chi connectivity index (χ1) is 8.42. The zero-order chi connectivity index (χ0) is 11.9. The van der Waals surface area contributed by atoms with Crippen LogP contribution in [0.1, 0.15) is 18.1 Å². The monoisotopic (exact) mass is 222 g/mol. The van der Waals surface area contributed by atoms with E-state index >= 15 is 0 Å². The molecule has 0 aliphatic rings. The maximum Gasteiger partial charge on any atom is 0.100 e. The average Bonchev–Trinajstić information content (AvgIpc) is 2.42. The van der Waals surface area contributed by atoms with E-state index < -0.39 is 0 Å². The van der Waals surface area contributed by atoms with E-state index in [4.69, 9.17) is 0 Å². The minimum Gasteiger partial charge on any atom is -0.163 e. The topological polar surface area (TPSA) is 24.7 Å². The highest BCUT2D eigenvalue weighted by Crippen LogP contribution is 2.10.